The number of phenolic OH excluding ortho intramolecular Hbond substituents is 1. The summed E-state index contributed by atoms with van der Waals surface area (Å²) in [6.07, 6.45) is 4.51. The second kappa shape index (κ2) is 13.2. The molecule has 2 saturated heterocycles. The predicted molar refractivity (Wildman–Crippen MR) is 190 cm³/mol. The van der Waals surface area contributed by atoms with E-state index in [1.54, 1.807) is 26.2 Å². The van der Waals surface area contributed by atoms with Gasteiger partial charge in [0.15, 0.2) is 11.5 Å². The van der Waals surface area contributed by atoms with Gasteiger partial charge in [-0.2, -0.15) is 15.1 Å². The number of pyridine rings is 1. The van der Waals surface area contributed by atoms with Crippen molar-refractivity contribution in [2.45, 2.75) is 70.2 Å². The average molecular weight is 715 g/mol. The van der Waals surface area contributed by atoms with Gasteiger partial charge in [-0.3, -0.25) is 19.4 Å². The zero-order valence-electron chi connectivity index (χ0n) is 29.5. The largest absolute Gasteiger partial charge is 0.508 e. The smallest absolute Gasteiger partial charge is 0.319 e. The minimum atomic E-state index is -0.951. The van der Waals surface area contributed by atoms with E-state index in [2.05, 4.69) is 20.0 Å². The van der Waals surface area contributed by atoms with E-state index in [9.17, 15) is 14.3 Å². The quantitative estimate of drug-likeness (QED) is 0.216. The topological polar surface area (TPSA) is 113 Å². The third-order valence-electron chi connectivity index (χ3n) is 10.8. The van der Waals surface area contributed by atoms with Gasteiger partial charge in [-0.05, 0) is 79.3 Å². The fourth-order valence-corrected chi connectivity index (χ4v) is 8.32. The summed E-state index contributed by atoms with van der Waals surface area (Å²) in [5.41, 5.74) is 1.12. The molecular formula is C38H41F3N8O3. The molecule has 1 N–H and O–H groups in total. The zero-order valence-corrected chi connectivity index (χ0v) is 29.5. The third kappa shape index (κ3) is 5.86. The first-order chi connectivity index (χ1) is 25.0. The number of aryl methyl sites for hydroxylation is 2. The molecule has 1 amide bonds. The van der Waals surface area contributed by atoms with Gasteiger partial charge in [0.05, 0.1) is 23.2 Å². The first kappa shape index (κ1) is 34.1. The van der Waals surface area contributed by atoms with E-state index in [4.69, 9.17) is 9.72 Å². The molecule has 2 aromatic carbocycles. The van der Waals surface area contributed by atoms with Crippen LogP contribution in [0.4, 0.5) is 19.0 Å². The van der Waals surface area contributed by atoms with Crippen LogP contribution in [0, 0.1) is 11.6 Å². The molecule has 3 aliphatic rings. The van der Waals surface area contributed by atoms with Crippen LogP contribution in [0.2, 0.25) is 0 Å². The normalized spacial score (nSPS) is 20.6. The number of rotatable bonds is 7. The van der Waals surface area contributed by atoms with Crippen molar-refractivity contribution < 1.29 is 27.8 Å². The van der Waals surface area contributed by atoms with Crippen LogP contribution in [0.3, 0.4) is 0 Å². The molecule has 0 saturated carbocycles. The highest BCUT2D eigenvalue weighted by atomic mass is 19.1. The Kier molecular flexibility index (Phi) is 8.67. The Morgan fingerprint density at radius 2 is 1.92 bits per heavy atom. The van der Waals surface area contributed by atoms with Crippen molar-refractivity contribution in [2.24, 2.45) is 0 Å². The summed E-state index contributed by atoms with van der Waals surface area (Å²) in [6.45, 7) is 4.64. The standard InChI is InChI=1S/C38H41F3N8O3/c1-4-26-29(40)9-8-22-14-25(50)16-27(31(22)26)33-32(41)34-28(18-42-33)35(44-37(43-34)52-21-38-10-7-12-48(38)19-23(39)17-38)47-11-5-6-13-49-24(20-47)15-30(45-49)36(51)46(2)3/h8-9,14-16,18,23,50H,4-7,10-13,17,19-21H2,1-3H3/t23-,38+/m1/s1. The Labute approximate surface area is 299 Å². The van der Waals surface area contributed by atoms with Crippen molar-refractivity contribution in [3.05, 3.63) is 65.1 Å². The molecular weight excluding hydrogens is 673 g/mol. The second-order valence-electron chi connectivity index (χ2n) is 14.4. The van der Waals surface area contributed by atoms with E-state index >= 15 is 8.78 Å². The Morgan fingerprint density at radius 3 is 2.73 bits per heavy atom. The summed E-state index contributed by atoms with van der Waals surface area (Å²) in [5.74, 6) is -1.13. The molecule has 8 rings (SSSR count). The number of hydrogen-bond acceptors (Lipinski definition) is 9. The van der Waals surface area contributed by atoms with Crippen molar-refractivity contribution in [1.29, 1.82) is 0 Å². The van der Waals surface area contributed by atoms with Gasteiger partial charge in [-0.25, -0.2) is 13.2 Å². The first-order valence-corrected chi connectivity index (χ1v) is 17.9. The Bertz CT molecular complexity index is 2210. The molecule has 0 radical (unpaired) electrons. The molecule has 0 spiro atoms. The first-order valence-electron chi connectivity index (χ1n) is 17.9. The van der Waals surface area contributed by atoms with Crippen LogP contribution in [0.15, 0.2) is 36.5 Å². The molecule has 2 atom stereocenters. The van der Waals surface area contributed by atoms with E-state index in [1.807, 2.05) is 16.5 Å². The highest BCUT2D eigenvalue weighted by Crippen LogP contribution is 2.42. The number of amides is 1. The molecule has 0 bridgehead atoms. The minimum absolute atomic E-state index is 0.0504. The van der Waals surface area contributed by atoms with Gasteiger partial charge < -0.3 is 19.6 Å². The number of anilines is 1. The van der Waals surface area contributed by atoms with Crippen LogP contribution in [-0.2, 0) is 19.5 Å². The van der Waals surface area contributed by atoms with E-state index in [0.29, 0.717) is 72.3 Å². The average Bonchev–Trinajstić information content (AvgIpc) is 3.78. The summed E-state index contributed by atoms with van der Waals surface area (Å²) < 4.78 is 55.0. The lowest BCUT2D eigenvalue weighted by atomic mass is 9.94. The monoisotopic (exact) mass is 714 g/mol. The van der Waals surface area contributed by atoms with E-state index in [1.165, 1.54) is 29.3 Å². The zero-order chi connectivity index (χ0) is 36.3. The molecule has 272 valence electrons. The number of hydrogen-bond donors (Lipinski definition) is 1. The molecule has 0 aliphatic carbocycles. The maximum Gasteiger partial charge on any atom is 0.319 e. The number of aromatic hydroxyl groups is 1. The van der Waals surface area contributed by atoms with Gasteiger partial charge in [0, 0.05) is 51.9 Å². The van der Waals surface area contributed by atoms with Gasteiger partial charge in [-0.1, -0.05) is 13.0 Å². The van der Waals surface area contributed by atoms with E-state index < -0.39 is 23.3 Å². The molecule has 52 heavy (non-hydrogen) atoms. The Hall–Kier alpha value is -4.98. The molecule has 6 heterocycles. The number of carbonyl (C=O) groups is 1. The number of alkyl halides is 1. The predicted octanol–water partition coefficient (Wildman–Crippen LogP) is 6.05. The fraction of sp³-hybridized carbons (Fsp3) is 0.447. The summed E-state index contributed by atoms with van der Waals surface area (Å²) >= 11 is 0. The molecule has 3 aromatic heterocycles. The van der Waals surface area contributed by atoms with E-state index in [0.717, 1.165) is 37.9 Å². The van der Waals surface area contributed by atoms with Crippen LogP contribution in [-0.4, -0.2) is 97.6 Å². The third-order valence-corrected chi connectivity index (χ3v) is 10.8. The highest BCUT2D eigenvalue weighted by molar-refractivity contribution is 6.01. The number of carbonyl (C=O) groups excluding carboxylic acids is 1. The van der Waals surface area contributed by atoms with Gasteiger partial charge in [-0.15, -0.1) is 0 Å². The van der Waals surface area contributed by atoms with Crippen LogP contribution < -0.4 is 9.64 Å². The summed E-state index contributed by atoms with van der Waals surface area (Å²) in [7, 11) is 3.36. The van der Waals surface area contributed by atoms with Gasteiger partial charge >= 0.3 is 6.01 Å². The van der Waals surface area contributed by atoms with E-state index in [-0.39, 0.29) is 41.0 Å². The number of phenols is 1. The van der Waals surface area contributed by atoms with Crippen molar-refractivity contribution in [1.82, 2.24) is 34.5 Å². The summed E-state index contributed by atoms with van der Waals surface area (Å²) in [5, 5.41) is 16.6. The van der Waals surface area contributed by atoms with Crippen LogP contribution in [0.1, 0.15) is 60.8 Å². The number of nitrogens with zero attached hydrogens (tertiary/aromatic N) is 8. The number of benzene rings is 2. The summed E-state index contributed by atoms with van der Waals surface area (Å²) in [6, 6.07) is 7.53. The minimum Gasteiger partial charge on any atom is -0.508 e. The van der Waals surface area contributed by atoms with Gasteiger partial charge in [0.2, 0.25) is 0 Å². The van der Waals surface area contributed by atoms with Crippen molar-refractivity contribution in [3.8, 4) is 23.0 Å². The van der Waals surface area contributed by atoms with Crippen LogP contribution in [0.5, 0.6) is 11.8 Å². The Morgan fingerprint density at radius 1 is 1.10 bits per heavy atom. The van der Waals surface area contributed by atoms with Crippen LogP contribution in [0.25, 0.3) is 32.9 Å². The molecule has 2 fully saturated rings. The fourth-order valence-electron chi connectivity index (χ4n) is 8.32. The lowest BCUT2D eigenvalue weighted by Crippen LogP contribution is -2.43. The summed E-state index contributed by atoms with van der Waals surface area (Å²) in [4.78, 5) is 32.5. The van der Waals surface area contributed by atoms with Gasteiger partial charge in [0.1, 0.15) is 41.4 Å². The highest BCUT2D eigenvalue weighted by Gasteiger charge is 2.49. The Balaban J connectivity index is 1.27. The lowest BCUT2D eigenvalue weighted by Gasteiger charge is -2.31. The number of aromatic nitrogens is 5. The number of halogens is 3. The van der Waals surface area contributed by atoms with Crippen molar-refractivity contribution in [2.75, 3.05) is 45.2 Å². The maximum atomic E-state index is 17.1. The molecule has 14 heteroatoms. The number of ether oxygens (including phenoxy) is 1. The molecule has 3 aliphatic heterocycles. The van der Waals surface area contributed by atoms with Crippen molar-refractivity contribution >= 4 is 33.4 Å². The van der Waals surface area contributed by atoms with Gasteiger partial charge in [0.25, 0.3) is 5.91 Å². The number of fused-ring (bicyclic) bond motifs is 4. The molecule has 0 unspecified atom stereocenters. The molecule has 11 nitrogen and oxygen atoms in total. The second-order valence-corrected chi connectivity index (χ2v) is 14.4. The molecule has 5 aromatic rings. The lowest BCUT2D eigenvalue weighted by molar-refractivity contribution is 0.0821. The maximum absolute atomic E-state index is 17.1. The van der Waals surface area contributed by atoms with Crippen molar-refractivity contribution in [3.63, 3.8) is 0 Å². The van der Waals surface area contributed by atoms with Crippen LogP contribution >= 0.6 is 0 Å². The SMILES string of the molecule is CCc1c(F)ccc2cc(O)cc(-c3ncc4c(N5CCCCn6nc(C(=O)N(C)C)cc6C5)nc(OC[C@@]56CCCN5C[C@H](F)C6)nc4c3F)c12.